The van der Waals surface area contributed by atoms with Crippen LogP contribution in [0.1, 0.15) is 16.1 Å². The van der Waals surface area contributed by atoms with Gasteiger partial charge in [-0.15, -0.1) is 0 Å². The molecule has 27 heavy (non-hydrogen) atoms. The number of carbonyl (C=O) groups excluding carboxylic acids is 1. The molecule has 0 aliphatic carbocycles. The number of carbonyl (C=O) groups is 1. The smallest absolute Gasteiger partial charge is 0.273 e. The average molecular weight is 357 g/mol. The highest BCUT2D eigenvalue weighted by Gasteiger charge is 2.14. The molecule has 0 radical (unpaired) electrons. The molecule has 1 heterocycles. The second-order valence-electron chi connectivity index (χ2n) is 6.33. The minimum absolute atomic E-state index is 0.245. The second kappa shape index (κ2) is 6.96. The number of nitrogens with one attached hydrogen (secondary N) is 2. The highest BCUT2D eigenvalue weighted by atomic mass is 16.5. The molecule has 0 fully saturated rings. The van der Waals surface area contributed by atoms with Crippen molar-refractivity contribution < 1.29 is 9.53 Å². The lowest BCUT2D eigenvalue weighted by Gasteiger charge is -2.09. The van der Waals surface area contributed by atoms with Crippen LogP contribution in [0.15, 0.2) is 66.7 Å². The van der Waals surface area contributed by atoms with Crippen molar-refractivity contribution in [1.29, 1.82) is 0 Å². The monoisotopic (exact) mass is 357 g/mol. The summed E-state index contributed by atoms with van der Waals surface area (Å²) in [7, 11) is 1.60. The first-order valence-corrected chi connectivity index (χ1v) is 8.65. The lowest BCUT2D eigenvalue weighted by Crippen LogP contribution is -2.13. The number of methoxy groups -OCH3 is 1. The number of anilines is 1. The van der Waals surface area contributed by atoms with Crippen LogP contribution in [0.5, 0.6) is 5.75 Å². The van der Waals surface area contributed by atoms with Gasteiger partial charge >= 0.3 is 0 Å². The van der Waals surface area contributed by atoms with E-state index < -0.39 is 0 Å². The van der Waals surface area contributed by atoms with Crippen molar-refractivity contribution in [3.05, 3.63) is 78.0 Å². The molecule has 5 heteroatoms. The van der Waals surface area contributed by atoms with Crippen molar-refractivity contribution in [3.63, 3.8) is 0 Å². The number of hydrogen-bond donors (Lipinski definition) is 2. The number of nitrogens with zero attached hydrogens (tertiary/aromatic N) is 1. The number of amides is 1. The molecule has 1 aromatic heterocycles. The summed E-state index contributed by atoms with van der Waals surface area (Å²) in [6, 6.07) is 21.5. The van der Waals surface area contributed by atoms with Crippen LogP contribution >= 0.6 is 0 Å². The van der Waals surface area contributed by atoms with E-state index in [0.29, 0.717) is 17.1 Å². The van der Waals surface area contributed by atoms with Crippen LogP contribution in [0.25, 0.3) is 22.0 Å². The fourth-order valence-electron chi connectivity index (χ4n) is 3.08. The van der Waals surface area contributed by atoms with Gasteiger partial charge in [-0.25, -0.2) is 0 Å². The Balaban J connectivity index is 1.63. The number of H-pyrrole nitrogens is 1. The molecule has 134 valence electrons. The van der Waals surface area contributed by atoms with Crippen molar-refractivity contribution in [3.8, 4) is 17.0 Å². The molecule has 4 rings (SSSR count). The number of rotatable bonds is 4. The van der Waals surface area contributed by atoms with E-state index >= 15 is 0 Å². The molecule has 0 saturated carbocycles. The fraction of sp³-hybridized carbons (Fsp3) is 0.0909. The van der Waals surface area contributed by atoms with E-state index in [-0.39, 0.29) is 5.91 Å². The minimum atomic E-state index is -0.245. The predicted molar refractivity (Wildman–Crippen MR) is 107 cm³/mol. The Morgan fingerprint density at radius 1 is 1.04 bits per heavy atom. The number of fused-ring (bicyclic) bond motifs is 1. The normalized spacial score (nSPS) is 10.7. The number of aryl methyl sites for hydroxylation is 1. The maximum Gasteiger partial charge on any atom is 0.273 e. The molecule has 0 bridgehead atoms. The summed E-state index contributed by atoms with van der Waals surface area (Å²) >= 11 is 0. The zero-order valence-electron chi connectivity index (χ0n) is 15.1. The maximum absolute atomic E-state index is 12.7. The van der Waals surface area contributed by atoms with Crippen LogP contribution in [0, 0.1) is 6.92 Å². The van der Waals surface area contributed by atoms with Crippen LogP contribution in [-0.2, 0) is 0 Å². The number of benzene rings is 3. The Hall–Kier alpha value is -3.60. The van der Waals surface area contributed by atoms with Gasteiger partial charge in [-0.05, 0) is 35.4 Å². The number of aromatic nitrogens is 2. The lowest BCUT2D eigenvalue weighted by atomic mass is 10.0. The third-order valence-corrected chi connectivity index (χ3v) is 4.58. The molecule has 0 spiro atoms. The van der Waals surface area contributed by atoms with Gasteiger partial charge in [0.25, 0.3) is 5.91 Å². The molecule has 0 aliphatic heterocycles. The Kier molecular flexibility index (Phi) is 4.34. The Morgan fingerprint density at radius 3 is 2.70 bits per heavy atom. The first-order valence-electron chi connectivity index (χ1n) is 8.65. The van der Waals surface area contributed by atoms with E-state index in [0.717, 1.165) is 27.6 Å². The highest BCUT2D eigenvalue weighted by Crippen LogP contribution is 2.28. The van der Waals surface area contributed by atoms with Gasteiger partial charge in [-0.2, -0.15) is 5.10 Å². The van der Waals surface area contributed by atoms with Gasteiger partial charge in [0.15, 0.2) is 0 Å². The quantitative estimate of drug-likeness (QED) is 0.551. The third kappa shape index (κ3) is 3.27. The number of hydrogen-bond acceptors (Lipinski definition) is 3. The van der Waals surface area contributed by atoms with E-state index in [4.69, 9.17) is 4.74 Å². The van der Waals surface area contributed by atoms with E-state index in [9.17, 15) is 4.79 Å². The summed E-state index contributed by atoms with van der Waals surface area (Å²) in [5, 5.41) is 12.3. The maximum atomic E-state index is 12.7. The molecule has 0 saturated heterocycles. The summed E-state index contributed by atoms with van der Waals surface area (Å²) in [6.45, 7) is 1.93. The average Bonchev–Trinajstić information content (AvgIpc) is 3.19. The molecule has 5 nitrogen and oxygen atoms in total. The van der Waals surface area contributed by atoms with Crippen molar-refractivity contribution in [1.82, 2.24) is 10.2 Å². The minimum Gasteiger partial charge on any atom is -0.497 e. The van der Waals surface area contributed by atoms with Gasteiger partial charge in [-0.3, -0.25) is 9.89 Å². The first kappa shape index (κ1) is 16.8. The standard InChI is InChI=1S/C22H19N3O2/c1-14-10-11-16(27-2)12-19(14)23-22(26)21-13-20(24-25-21)18-9-5-7-15-6-3-4-8-17(15)18/h3-13H,1-2H3,(H,23,26)(H,24,25). The van der Waals surface area contributed by atoms with Crippen molar-refractivity contribution in [2.75, 3.05) is 12.4 Å². The zero-order valence-corrected chi connectivity index (χ0v) is 15.1. The summed E-state index contributed by atoms with van der Waals surface area (Å²) in [4.78, 5) is 12.7. The van der Waals surface area contributed by atoms with E-state index in [1.54, 1.807) is 19.2 Å². The Morgan fingerprint density at radius 2 is 1.85 bits per heavy atom. The zero-order chi connectivity index (χ0) is 18.8. The van der Waals surface area contributed by atoms with Gasteiger partial charge in [0.2, 0.25) is 0 Å². The highest BCUT2D eigenvalue weighted by molar-refractivity contribution is 6.04. The van der Waals surface area contributed by atoms with Crippen LogP contribution in [-0.4, -0.2) is 23.2 Å². The first-order chi connectivity index (χ1) is 13.2. The molecule has 2 N–H and O–H groups in total. The molecule has 3 aromatic carbocycles. The van der Waals surface area contributed by atoms with Gasteiger partial charge in [-0.1, -0.05) is 48.5 Å². The summed E-state index contributed by atoms with van der Waals surface area (Å²) < 4.78 is 5.23. The Labute approximate surface area is 157 Å². The molecule has 1 amide bonds. The predicted octanol–water partition coefficient (Wildman–Crippen LogP) is 4.80. The molecule has 0 atom stereocenters. The molecule has 4 aromatic rings. The SMILES string of the molecule is COc1ccc(C)c(NC(=O)c2cc(-c3cccc4ccccc34)n[nH]2)c1. The Bertz CT molecular complexity index is 1130. The van der Waals surface area contributed by atoms with E-state index in [2.05, 4.69) is 33.7 Å². The van der Waals surface area contributed by atoms with Gasteiger partial charge in [0, 0.05) is 17.3 Å². The van der Waals surface area contributed by atoms with E-state index in [1.807, 2.05) is 43.3 Å². The van der Waals surface area contributed by atoms with Crippen LogP contribution in [0.4, 0.5) is 5.69 Å². The second-order valence-corrected chi connectivity index (χ2v) is 6.33. The van der Waals surface area contributed by atoms with Gasteiger partial charge < -0.3 is 10.1 Å². The largest absolute Gasteiger partial charge is 0.497 e. The van der Waals surface area contributed by atoms with Crippen LogP contribution in [0.2, 0.25) is 0 Å². The van der Waals surface area contributed by atoms with E-state index in [1.165, 1.54) is 0 Å². The lowest BCUT2D eigenvalue weighted by molar-refractivity contribution is 0.102. The van der Waals surface area contributed by atoms with Crippen molar-refractivity contribution in [2.45, 2.75) is 6.92 Å². The summed E-state index contributed by atoms with van der Waals surface area (Å²) in [5.41, 5.74) is 3.79. The van der Waals surface area contributed by atoms with Gasteiger partial charge in [0.05, 0.1) is 12.8 Å². The molecule has 0 unspecified atom stereocenters. The summed E-state index contributed by atoms with van der Waals surface area (Å²) in [6.07, 6.45) is 0. The summed E-state index contributed by atoms with van der Waals surface area (Å²) in [5.74, 6) is 0.447. The molecule has 0 aliphatic rings. The number of aromatic amines is 1. The number of ether oxygens (including phenoxy) is 1. The molecular formula is C22H19N3O2. The van der Waals surface area contributed by atoms with Crippen LogP contribution in [0.3, 0.4) is 0 Å². The molecular weight excluding hydrogens is 338 g/mol. The fourth-order valence-corrected chi connectivity index (χ4v) is 3.08. The van der Waals surface area contributed by atoms with Crippen LogP contribution < -0.4 is 10.1 Å². The van der Waals surface area contributed by atoms with Crippen molar-refractivity contribution in [2.24, 2.45) is 0 Å². The third-order valence-electron chi connectivity index (χ3n) is 4.58. The topological polar surface area (TPSA) is 67.0 Å². The van der Waals surface area contributed by atoms with Crippen molar-refractivity contribution >= 4 is 22.4 Å². The van der Waals surface area contributed by atoms with Gasteiger partial charge in [0.1, 0.15) is 11.4 Å².